The minimum absolute atomic E-state index is 0.168. The van der Waals surface area contributed by atoms with Crippen LogP contribution in [0.5, 0.6) is 0 Å². The second kappa shape index (κ2) is 13.0. The van der Waals surface area contributed by atoms with Gasteiger partial charge in [-0.1, -0.05) is 20.8 Å². The summed E-state index contributed by atoms with van der Waals surface area (Å²) in [6.45, 7) is 21.1. The van der Waals surface area contributed by atoms with Crippen molar-refractivity contribution in [1.29, 1.82) is 0 Å². The van der Waals surface area contributed by atoms with Crippen LogP contribution in [0.15, 0.2) is 12.1 Å². The molecule has 240 valence electrons. The van der Waals surface area contributed by atoms with Gasteiger partial charge in [0.1, 0.15) is 10.5 Å². The topological polar surface area (TPSA) is 143 Å². The summed E-state index contributed by atoms with van der Waals surface area (Å²) in [6.07, 6.45) is -0.951. The van der Waals surface area contributed by atoms with Crippen molar-refractivity contribution in [2.75, 3.05) is 6.79 Å². The Morgan fingerprint density at radius 2 is 1.49 bits per heavy atom. The van der Waals surface area contributed by atoms with Gasteiger partial charge >= 0.3 is 23.8 Å². The average Bonchev–Trinajstić information content (AvgIpc) is 3.31. The minimum Gasteiger partial charge on any atom is -0.456 e. The Morgan fingerprint density at radius 3 is 2.00 bits per heavy atom. The molecule has 0 saturated carbocycles. The predicted octanol–water partition coefficient (Wildman–Crippen LogP) is 5.13. The maximum atomic E-state index is 13.4. The van der Waals surface area contributed by atoms with Gasteiger partial charge in [0.25, 0.3) is 0 Å². The van der Waals surface area contributed by atoms with Gasteiger partial charge in [0.2, 0.25) is 12.7 Å². The summed E-state index contributed by atoms with van der Waals surface area (Å²) in [4.78, 5) is 77.9. The van der Waals surface area contributed by atoms with Crippen LogP contribution < -0.4 is 0 Å². The Labute approximate surface area is 258 Å². The first kappa shape index (κ1) is 36.3. The van der Waals surface area contributed by atoms with Gasteiger partial charge < -0.3 is 18.6 Å². The lowest BCUT2D eigenvalue weighted by Gasteiger charge is -2.49. The van der Waals surface area contributed by atoms with Crippen LogP contribution in [0.2, 0.25) is 18.1 Å². The van der Waals surface area contributed by atoms with E-state index in [4.69, 9.17) is 18.6 Å². The van der Waals surface area contributed by atoms with Crippen LogP contribution >= 0.6 is 11.3 Å². The Kier molecular flexibility index (Phi) is 11.0. The molecule has 1 fully saturated rings. The number of Topliss-reactive ketones (excluding diaryl/α,β-unsaturated/α-hetero) is 1. The van der Waals surface area contributed by atoms with Crippen LogP contribution in [0.3, 0.4) is 0 Å². The van der Waals surface area contributed by atoms with Crippen molar-refractivity contribution in [1.82, 2.24) is 4.90 Å². The van der Waals surface area contributed by atoms with Crippen LogP contribution in [-0.2, 0) is 37.8 Å². The maximum Gasteiger partial charge on any atom is 0.400 e. The molecule has 0 N–H and O–H groups in total. The molecule has 2 rings (SSSR count). The van der Waals surface area contributed by atoms with Gasteiger partial charge in [0, 0.05) is 6.42 Å². The monoisotopic (exact) mass is 639 g/mol. The van der Waals surface area contributed by atoms with Crippen molar-refractivity contribution in [3.63, 3.8) is 0 Å². The molecule has 0 bridgehead atoms. The normalized spacial score (nSPS) is 18.4. The van der Waals surface area contributed by atoms with Gasteiger partial charge in [-0.3, -0.25) is 24.1 Å². The number of thiophene rings is 1. The first-order valence-corrected chi connectivity index (χ1v) is 17.9. The Morgan fingerprint density at radius 1 is 0.930 bits per heavy atom. The van der Waals surface area contributed by atoms with Crippen LogP contribution in [0.25, 0.3) is 0 Å². The van der Waals surface area contributed by atoms with Gasteiger partial charge in [-0.15, -0.1) is 11.3 Å². The van der Waals surface area contributed by atoms with Gasteiger partial charge in [-0.25, -0.2) is 9.59 Å². The smallest absolute Gasteiger partial charge is 0.400 e. The van der Waals surface area contributed by atoms with E-state index in [1.165, 1.54) is 12.1 Å². The van der Waals surface area contributed by atoms with Crippen molar-refractivity contribution < 1.29 is 47.4 Å². The maximum absolute atomic E-state index is 13.4. The number of carbonyl (C=O) groups excluding carboxylic acids is 6. The number of ether oxygens (including phenoxy) is 3. The highest BCUT2D eigenvalue weighted by Gasteiger charge is 2.56. The highest BCUT2D eigenvalue weighted by atomic mass is 32.1. The zero-order valence-electron chi connectivity index (χ0n) is 27.2. The highest BCUT2D eigenvalue weighted by molar-refractivity contribution is 7.15. The fourth-order valence-electron chi connectivity index (χ4n) is 3.99. The lowest BCUT2D eigenvalue weighted by atomic mass is 9.80. The number of ketones is 1. The molecule has 1 aromatic rings. The summed E-state index contributed by atoms with van der Waals surface area (Å²) < 4.78 is 21.5. The van der Waals surface area contributed by atoms with E-state index in [0.29, 0.717) is 4.90 Å². The number of carbonyl (C=O) groups is 6. The first-order valence-electron chi connectivity index (χ1n) is 14.1. The Bertz CT molecular complexity index is 1260. The van der Waals surface area contributed by atoms with Gasteiger partial charge in [0.05, 0.1) is 28.4 Å². The second-order valence-corrected chi connectivity index (χ2v) is 20.1. The number of hydrogen-bond donors (Lipinski definition) is 0. The molecule has 3 atom stereocenters. The molecule has 1 saturated heterocycles. The Hall–Kier alpha value is -2.90. The molecule has 0 radical (unpaired) electrons. The molecule has 1 aromatic heterocycles. The number of imide groups is 1. The van der Waals surface area contributed by atoms with Crippen LogP contribution in [-0.4, -0.2) is 73.3 Å². The lowest BCUT2D eigenvalue weighted by Crippen LogP contribution is -2.68. The van der Waals surface area contributed by atoms with Crippen LogP contribution in [0.1, 0.15) is 95.0 Å². The third-order valence-corrected chi connectivity index (χ3v) is 13.0. The lowest BCUT2D eigenvalue weighted by molar-refractivity contribution is -0.186. The summed E-state index contributed by atoms with van der Waals surface area (Å²) in [5, 5.41) is -0.168. The van der Waals surface area contributed by atoms with E-state index < -0.39 is 79.7 Å². The quantitative estimate of drug-likeness (QED) is 0.0891. The summed E-state index contributed by atoms with van der Waals surface area (Å²) in [7, 11) is -2.35. The van der Waals surface area contributed by atoms with Crippen molar-refractivity contribution in [2.24, 2.45) is 11.3 Å². The molecule has 0 spiro atoms. The molecule has 13 heteroatoms. The van der Waals surface area contributed by atoms with Gasteiger partial charge in [-0.2, -0.15) is 0 Å². The predicted molar refractivity (Wildman–Crippen MR) is 162 cm³/mol. The van der Waals surface area contributed by atoms with E-state index in [1.54, 1.807) is 48.5 Å². The number of esters is 3. The second-order valence-electron chi connectivity index (χ2n) is 14.2. The number of likely N-dealkylation sites (tertiary alicyclic amines) is 1. The molecule has 0 aromatic carbocycles. The number of nitrogens with zero attached hydrogens (tertiary/aromatic N) is 1. The summed E-state index contributed by atoms with van der Waals surface area (Å²) in [5.74, 6) is -5.85. The van der Waals surface area contributed by atoms with Crippen molar-refractivity contribution in [2.45, 2.75) is 112 Å². The zero-order valence-corrected chi connectivity index (χ0v) is 29.1. The molecule has 11 nitrogen and oxygen atoms in total. The van der Waals surface area contributed by atoms with E-state index in [1.807, 2.05) is 33.9 Å². The van der Waals surface area contributed by atoms with E-state index in [2.05, 4.69) is 0 Å². The van der Waals surface area contributed by atoms with Crippen molar-refractivity contribution in [3.8, 4) is 0 Å². The molecule has 1 aliphatic rings. The van der Waals surface area contributed by atoms with Gasteiger partial charge in [0.15, 0.2) is 14.1 Å². The average molecular weight is 640 g/mol. The van der Waals surface area contributed by atoms with Crippen molar-refractivity contribution >= 4 is 55.2 Å². The van der Waals surface area contributed by atoms with E-state index in [-0.39, 0.29) is 21.2 Å². The molecule has 2 amide bonds. The van der Waals surface area contributed by atoms with E-state index in [0.717, 1.165) is 11.3 Å². The molecule has 43 heavy (non-hydrogen) atoms. The minimum atomic E-state index is -2.35. The highest BCUT2D eigenvalue weighted by Crippen LogP contribution is 2.41. The summed E-state index contributed by atoms with van der Waals surface area (Å²) in [6, 6.07) is 1.97. The fourth-order valence-corrected chi connectivity index (χ4v) is 6.25. The number of β-lactam (4-membered cyclic amide) rings is 1. The molecule has 2 heterocycles. The number of hydrogen-bond acceptors (Lipinski definition) is 11. The van der Waals surface area contributed by atoms with E-state index in [9.17, 15) is 28.8 Å². The zero-order chi connectivity index (χ0) is 33.3. The van der Waals surface area contributed by atoms with Gasteiger partial charge in [-0.05, 0) is 78.7 Å². The third-order valence-electron chi connectivity index (χ3n) is 7.32. The standard InChI is InChI=1S/C30H45NO10SSi/c1-17(41-43(11,12)30(8,9)10)22-18(15-19(32)20-13-14-21(42-20)25(35)40-29(5,6)7)31(23(22)33)24(34)26(36)38-16-39-27(37)28(2,3)4/h13-14,17-18,22H,15-16H2,1-12H3/t17-,18-,22-/m1/s1. The molecular formula is C30H45NO10SSi. The third kappa shape index (κ3) is 9.05. The fraction of sp³-hybridized carbons (Fsp3) is 0.667. The molecule has 0 aliphatic carbocycles. The van der Waals surface area contributed by atoms with Crippen LogP contribution in [0.4, 0.5) is 0 Å². The summed E-state index contributed by atoms with van der Waals surface area (Å²) >= 11 is 0.945. The molecule has 0 unspecified atom stereocenters. The SMILES string of the molecule is C[C@@H](O[Si](C)(C)C(C)(C)C)[C@H]1C(=O)N(C(=O)C(=O)OCOC(=O)C(C)(C)C)[C@@H]1CC(=O)c1ccc(C(=O)OC(C)(C)C)s1. The Balaban J connectivity index is 2.28. The van der Waals surface area contributed by atoms with Crippen molar-refractivity contribution in [3.05, 3.63) is 21.9 Å². The van der Waals surface area contributed by atoms with E-state index >= 15 is 0 Å². The first-order chi connectivity index (χ1) is 19.4. The largest absolute Gasteiger partial charge is 0.456 e. The molecular weight excluding hydrogens is 594 g/mol. The number of amides is 2. The number of rotatable bonds is 9. The van der Waals surface area contributed by atoms with Crippen LogP contribution in [0, 0.1) is 11.3 Å². The summed E-state index contributed by atoms with van der Waals surface area (Å²) in [5.41, 5.74) is -1.57. The molecule has 1 aliphatic heterocycles.